The quantitative estimate of drug-likeness (QED) is 0.854. The predicted molar refractivity (Wildman–Crippen MR) is 78.7 cm³/mol. The fourth-order valence-electron chi connectivity index (χ4n) is 1.43. The van der Waals surface area contributed by atoms with Gasteiger partial charge in [-0.05, 0) is 35.6 Å². The zero-order valence-corrected chi connectivity index (χ0v) is 12.3. The summed E-state index contributed by atoms with van der Waals surface area (Å²) in [7, 11) is 1.59. The van der Waals surface area contributed by atoms with Crippen molar-refractivity contribution in [2.24, 2.45) is 0 Å². The fourth-order valence-corrected chi connectivity index (χ4v) is 1.88. The van der Waals surface area contributed by atoms with Crippen molar-refractivity contribution in [2.75, 3.05) is 19.0 Å². The molecule has 1 N–H and O–H groups in total. The van der Waals surface area contributed by atoms with Crippen molar-refractivity contribution in [3.63, 3.8) is 0 Å². The van der Waals surface area contributed by atoms with Crippen LogP contribution >= 0.6 is 22.6 Å². The number of hydrogen-bond donors (Lipinski definition) is 1. The second-order valence-corrected chi connectivity index (χ2v) is 4.67. The Morgan fingerprint density at radius 1 is 1.28 bits per heavy atom. The molecule has 0 saturated carbocycles. The van der Waals surface area contributed by atoms with E-state index in [0.717, 1.165) is 21.5 Å². The summed E-state index contributed by atoms with van der Waals surface area (Å²) in [5.74, 6) is 2.08. The van der Waals surface area contributed by atoms with Crippen molar-refractivity contribution in [1.29, 1.82) is 0 Å². The highest BCUT2D eigenvalue weighted by atomic mass is 127. The summed E-state index contributed by atoms with van der Waals surface area (Å²) in [6.07, 6.45) is 3.50. The first kappa shape index (κ1) is 13.0. The lowest BCUT2D eigenvalue weighted by atomic mass is 10.2. The smallest absolute Gasteiger partial charge is 0.212 e. The summed E-state index contributed by atoms with van der Waals surface area (Å²) < 4.78 is 6.02. The van der Waals surface area contributed by atoms with Gasteiger partial charge in [-0.3, -0.25) is 0 Å². The number of rotatable bonds is 4. The van der Waals surface area contributed by atoms with Crippen LogP contribution in [0.3, 0.4) is 0 Å². The predicted octanol–water partition coefficient (Wildman–Crippen LogP) is 2.58. The van der Waals surface area contributed by atoms with E-state index in [1.807, 2.05) is 13.0 Å². The van der Waals surface area contributed by atoms with E-state index in [4.69, 9.17) is 4.74 Å². The van der Waals surface area contributed by atoms with Crippen LogP contribution in [-0.4, -0.2) is 28.6 Å². The van der Waals surface area contributed by atoms with Gasteiger partial charge < -0.3 is 10.1 Å². The molecule has 2 heterocycles. The lowest BCUT2D eigenvalue weighted by Gasteiger charge is -2.07. The third-order valence-electron chi connectivity index (χ3n) is 2.29. The van der Waals surface area contributed by atoms with Crippen LogP contribution in [0, 0.1) is 3.57 Å². The molecule has 94 valence electrons. The van der Waals surface area contributed by atoms with Gasteiger partial charge in [0.2, 0.25) is 5.88 Å². The van der Waals surface area contributed by atoms with E-state index < -0.39 is 0 Å². The Kier molecular flexibility index (Phi) is 4.29. The van der Waals surface area contributed by atoms with Gasteiger partial charge in [-0.25, -0.2) is 15.0 Å². The molecule has 0 aliphatic heterocycles. The second kappa shape index (κ2) is 5.94. The number of nitrogens with one attached hydrogen (secondary N) is 1. The SMILES string of the molecule is CCNc1nc(-c2ccc(OC)nc2)ncc1I. The molecule has 2 aromatic heterocycles. The summed E-state index contributed by atoms with van der Waals surface area (Å²) in [6, 6.07) is 3.69. The maximum atomic E-state index is 5.02. The lowest BCUT2D eigenvalue weighted by Crippen LogP contribution is -2.03. The summed E-state index contributed by atoms with van der Waals surface area (Å²) in [4.78, 5) is 12.9. The van der Waals surface area contributed by atoms with Crippen LogP contribution in [0.5, 0.6) is 5.88 Å². The van der Waals surface area contributed by atoms with Crippen LogP contribution < -0.4 is 10.1 Å². The largest absolute Gasteiger partial charge is 0.481 e. The standard InChI is InChI=1S/C12H13IN4O/c1-3-14-12-9(13)7-16-11(17-12)8-4-5-10(18-2)15-6-8/h4-7H,3H2,1-2H3,(H,14,16,17). The van der Waals surface area contributed by atoms with E-state index in [1.165, 1.54) is 0 Å². The molecule has 0 spiro atoms. The first-order chi connectivity index (χ1) is 8.74. The number of pyridine rings is 1. The van der Waals surface area contributed by atoms with Crippen molar-refractivity contribution < 1.29 is 4.74 Å². The molecule has 0 aliphatic carbocycles. The Hall–Kier alpha value is -1.44. The third-order valence-corrected chi connectivity index (χ3v) is 3.08. The van der Waals surface area contributed by atoms with Crippen LogP contribution in [0.15, 0.2) is 24.5 Å². The minimum Gasteiger partial charge on any atom is -0.481 e. The van der Waals surface area contributed by atoms with Gasteiger partial charge in [0.25, 0.3) is 0 Å². The highest BCUT2D eigenvalue weighted by molar-refractivity contribution is 14.1. The van der Waals surface area contributed by atoms with Gasteiger partial charge in [-0.2, -0.15) is 0 Å². The molecule has 0 atom stereocenters. The second-order valence-electron chi connectivity index (χ2n) is 3.51. The molecule has 0 radical (unpaired) electrons. The molecule has 0 unspecified atom stereocenters. The summed E-state index contributed by atoms with van der Waals surface area (Å²) in [5, 5.41) is 3.20. The normalized spacial score (nSPS) is 10.2. The highest BCUT2D eigenvalue weighted by Gasteiger charge is 2.06. The summed E-state index contributed by atoms with van der Waals surface area (Å²) in [6.45, 7) is 2.86. The average Bonchev–Trinajstić information content (AvgIpc) is 2.42. The Bertz CT molecular complexity index is 530. The van der Waals surface area contributed by atoms with Crippen LogP contribution in [-0.2, 0) is 0 Å². The molecular formula is C12H13IN4O. The molecule has 2 rings (SSSR count). The molecule has 5 nitrogen and oxygen atoms in total. The molecule has 0 fully saturated rings. The number of ether oxygens (including phenoxy) is 1. The van der Waals surface area contributed by atoms with Crippen molar-refractivity contribution in [1.82, 2.24) is 15.0 Å². The number of hydrogen-bond acceptors (Lipinski definition) is 5. The van der Waals surface area contributed by atoms with Crippen LogP contribution in [0.1, 0.15) is 6.92 Å². The van der Waals surface area contributed by atoms with Gasteiger partial charge in [0.1, 0.15) is 5.82 Å². The molecule has 0 bridgehead atoms. The van der Waals surface area contributed by atoms with Crippen LogP contribution in [0.25, 0.3) is 11.4 Å². The van der Waals surface area contributed by atoms with E-state index in [2.05, 4.69) is 42.9 Å². The monoisotopic (exact) mass is 356 g/mol. The fraction of sp³-hybridized carbons (Fsp3) is 0.250. The Balaban J connectivity index is 2.34. The minimum absolute atomic E-state index is 0.580. The van der Waals surface area contributed by atoms with Gasteiger partial charge in [0, 0.05) is 30.6 Å². The van der Waals surface area contributed by atoms with E-state index >= 15 is 0 Å². The van der Waals surface area contributed by atoms with Crippen molar-refractivity contribution >= 4 is 28.4 Å². The first-order valence-electron chi connectivity index (χ1n) is 5.51. The molecule has 0 amide bonds. The Labute approximate surface area is 119 Å². The van der Waals surface area contributed by atoms with Gasteiger partial charge in [-0.1, -0.05) is 0 Å². The van der Waals surface area contributed by atoms with E-state index in [1.54, 1.807) is 25.6 Å². The molecule has 6 heteroatoms. The van der Waals surface area contributed by atoms with Gasteiger partial charge >= 0.3 is 0 Å². The number of methoxy groups -OCH3 is 1. The molecule has 2 aromatic rings. The number of nitrogens with zero attached hydrogens (tertiary/aromatic N) is 3. The zero-order chi connectivity index (χ0) is 13.0. The number of halogens is 1. The molecule has 18 heavy (non-hydrogen) atoms. The zero-order valence-electron chi connectivity index (χ0n) is 10.1. The number of anilines is 1. The molecular weight excluding hydrogens is 343 g/mol. The van der Waals surface area contributed by atoms with Crippen LogP contribution in [0.4, 0.5) is 5.82 Å². The summed E-state index contributed by atoms with van der Waals surface area (Å²) in [5.41, 5.74) is 0.867. The lowest BCUT2D eigenvalue weighted by molar-refractivity contribution is 0.398. The Morgan fingerprint density at radius 2 is 2.11 bits per heavy atom. The highest BCUT2D eigenvalue weighted by Crippen LogP contribution is 2.21. The van der Waals surface area contributed by atoms with E-state index in [0.29, 0.717) is 11.7 Å². The third kappa shape index (κ3) is 2.87. The van der Waals surface area contributed by atoms with E-state index in [9.17, 15) is 0 Å². The molecule has 0 aliphatic rings. The summed E-state index contributed by atoms with van der Waals surface area (Å²) >= 11 is 2.21. The number of aromatic nitrogens is 3. The van der Waals surface area contributed by atoms with Gasteiger partial charge in [0.15, 0.2) is 5.82 Å². The first-order valence-corrected chi connectivity index (χ1v) is 6.59. The minimum atomic E-state index is 0.580. The van der Waals surface area contributed by atoms with Crippen LogP contribution in [0.2, 0.25) is 0 Å². The average molecular weight is 356 g/mol. The molecule has 0 aromatic carbocycles. The van der Waals surface area contributed by atoms with Crippen molar-refractivity contribution in [2.45, 2.75) is 6.92 Å². The maximum Gasteiger partial charge on any atom is 0.212 e. The van der Waals surface area contributed by atoms with E-state index in [-0.39, 0.29) is 0 Å². The van der Waals surface area contributed by atoms with Crippen molar-refractivity contribution in [3.05, 3.63) is 28.1 Å². The van der Waals surface area contributed by atoms with Gasteiger partial charge in [-0.15, -0.1) is 0 Å². The Morgan fingerprint density at radius 3 is 2.72 bits per heavy atom. The molecule has 0 saturated heterocycles. The van der Waals surface area contributed by atoms with Crippen molar-refractivity contribution in [3.8, 4) is 17.3 Å². The topological polar surface area (TPSA) is 59.9 Å². The maximum absolute atomic E-state index is 5.02. The van der Waals surface area contributed by atoms with Gasteiger partial charge in [0.05, 0.1) is 10.7 Å².